The lowest BCUT2D eigenvalue weighted by molar-refractivity contribution is 0.0940. The van der Waals surface area contributed by atoms with Crippen LogP contribution in [-0.2, 0) is 0 Å². The van der Waals surface area contributed by atoms with Crippen LogP contribution in [0.15, 0.2) is 42.7 Å². The number of halogens is 2. The highest BCUT2D eigenvalue weighted by Crippen LogP contribution is 2.24. The van der Waals surface area contributed by atoms with Crippen LogP contribution in [0.5, 0.6) is 0 Å². The summed E-state index contributed by atoms with van der Waals surface area (Å²) in [6, 6.07) is 9.46. The van der Waals surface area contributed by atoms with E-state index in [-0.39, 0.29) is 11.9 Å². The van der Waals surface area contributed by atoms with E-state index in [1.165, 1.54) is 6.20 Å². The van der Waals surface area contributed by atoms with Gasteiger partial charge in [0.1, 0.15) is 0 Å². The molecule has 4 nitrogen and oxygen atoms in total. The molecule has 0 bridgehead atoms. The zero-order valence-corrected chi connectivity index (χ0v) is 13.3. The Morgan fingerprint density at radius 2 is 2.18 bits per heavy atom. The highest BCUT2D eigenvalue weighted by atomic mass is 35.5. The molecule has 1 atom stereocenters. The zero-order chi connectivity index (χ0) is 15.5. The van der Waals surface area contributed by atoms with Gasteiger partial charge in [-0.25, -0.2) is 0 Å². The molecule has 0 radical (unpaired) electrons. The minimum absolute atomic E-state index is 0.0933. The van der Waals surface area contributed by atoms with Crippen molar-refractivity contribution in [2.45, 2.75) is 12.5 Å². The number of rotatable bonds is 3. The van der Waals surface area contributed by atoms with E-state index in [2.05, 4.69) is 15.2 Å². The molecule has 1 saturated heterocycles. The third-order valence-corrected chi connectivity index (χ3v) is 4.25. The number of aromatic nitrogens is 1. The molecule has 22 heavy (non-hydrogen) atoms. The minimum Gasteiger partial charge on any atom is -0.369 e. The molecule has 114 valence electrons. The van der Waals surface area contributed by atoms with Gasteiger partial charge in [0.05, 0.1) is 10.6 Å². The van der Waals surface area contributed by atoms with Crippen LogP contribution >= 0.6 is 23.2 Å². The van der Waals surface area contributed by atoms with Crippen molar-refractivity contribution in [1.29, 1.82) is 0 Å². The van der Waals surface area contributed by atoms with Crippen molar-refractivity contribution in [3.8, 4) is 0 Å². The van der Waals surface area contributed by atoms with Crippen molar-refractivity contribution in [1.82, 2.24) is 10.3 Å². The van der Waals surface area contributed by atoms with Gasteiger partial charge in [0.25, 0.3) is 5.91 Å². The molecule has 1 fully saturated rings. The molecule has 2 aromatic rings. The SMILES string of the molecule is O=C(N[C@@H]1CCN(c2cccc(Cl)c2)C1)c1ccncc1Cl. The molecular formula is C16H15Cl2N3O. The smallest absolute Gasteiger partial charge is 0.253 e. The van der Waals surface area contributed by atoms with E-state index in [9.17, 15) is 4.79 Å². The predicted octanol–water partition coefficient (Wildman–Crippen LogP) is 3.40. The summed E-state index contributed by atoms with van der Waals surface area (Å²) in [6.45, 7) is 1.64. The van der Waals surface area contributed by atoms with Crippen LogP contribution in [0.4, 0.5) is 5.69 Å². The summed E-state index contributed by atoms with van der Waals surface area (Å²) in [5, 5.41) is 4.11. The van der Waals surface area contributed by atoms with Gasteiger partial charge in [0, 0.05) is 42.2 Å². The lowest BCUT2D eigenvalue weighted by Crippen LogP contribution is -2.37. The van der Waals surface area contributed by atoms with E-state index in [4.69, 9.17) is 23.2 Å². The zero-order valence-electron chi connectivity index (χ0n) is 11.8. The Kier molecular flexibility index (Phi) is 4.50. The summed E-state index contributed by atoms with van der Waals surface area (Å²) >= 11 is 12.0. The lowest BCUT2D eigenvalue weighted by Gasteiger charge is -2.19. The monoisotopic (exact) mass is 335 g/mol. The topological polar surface area (TPSA) is 45.2 Å². The Morgan fingerprint density at radius 3 is 2.95 bits per heavy atom. The molecule has 0 unspecified atom stereocenters. The maximum absolute atomic E-state index is 12.3. The molecule has 6 heteroatoms. The number of benzene rings is 1. The fourth-order valence-corrected chi connectivity index (χ4v) is 3.00. The third-order valence-electron chi connectivity index (χ3n) is 3.71. The van der Waals surface area contributed by atoms with Gasteiger partial charge in [-0.1, -0.05) is 29.3 Å². The van der Waals surface area contributed by atoms with Gasteiger partial charge in [-0.05, 0) is 30.7 Å². The number of hydrogen-bond donors (Lipinski definition) is 1. The van der Waals surface area contributed by atoms with Crippen LogP contribution in [0.25, 0.3) is 0 Å². The second-order valence-electron chi connectivity index (χ2n) is 5.24. The van der Waals surface area contributed by atoms with Crippen LogP contribution in [-0.4, -0.2) is 30.0 Å². The number of nitrogens with zero attached hydrogens (tertiary/aromatic N) is 2. The largest absolute Gasteiger partial charge is 0.369 e. The first-order valence-electron chi connectivity index (χ1n) is 7.04. The summed E-state index contributed by atoms with van der Waals surface area (Å²) in [5.41, 5.74) is 1.53. The summed E-state index contributed by atoms with van der Waals surface area (Å²) in [7, 11) is 0. The molecule has 3 rings (SSSR count). The average Bonchev–Trinajstić information content (AvgIpc) is 2.96. The number of anilines is 1. The van der Waals surface area contributed by atoms with E-state index < -0.39 is 0 Å². The molecule has 0 spiro atoms. The molecule has 1 aliphatic rings. The molecule has 1 amide bonds. The fourth-order valence-electron chi connectivity index (χ4n) is 2.61. The van der Waals surface area contributed by atoms with Gasteiger partial charge in [0.2, 0.25) is 0 Å². The van der Waals surface area contributed by atoms with E-state index in [0.717, 1.165) is 25.2 Å². The summed E-state index contributed by atoms with van der Waals surface area (Å²) in [4.78, 5) is 18.4. The number of amides is 1. The van der Waals surface area contributed by atoms with Gasteiger partial charge < -0.3 is 10.2 Å². The standard InChI is InChI=1S/C16H15Cl2N3O/c17-11-2-1-3-13(8-11)21-7-5-12(10-21)20-16(22)14-4-6-19-9-15(14)18/h1-4,6,8-9,12H,5,7,10H2,(H,20,22)/t12-/m1/s1. The molecule has 1 aromatic heterocycles. The van der Waals surface area contributed by atoms with Crippen molar-refractivity contribution < 1.29 is 4.79 Å². The van der Waals surface area contributed by atoms with Gasteiger partial charge in [-0.15, -0.1) is 0 Å². The maximum Gasteiger partial charge on any atom is 0.253 e. The highest BCUT2D eigenvalue weighted by Gasteiger charge is 2.25. The molecule has 1 N–H and O–H groups in total. The summed E-state index contributed by atoms with van der Waals surface area (Å²) in [5.74, 6) is -0.162. The van der Waals surface area contributed by atoms with Crippen molar-refractivity contribution >= 4 is 34.8 Å². The first kappa shape index (κ1) is 15.1. The van der Waals surface area contributed by atoms with Crippen molar-refractivity contribution in [3.63, 3.8) is 0 Å². The number of hydrogen-bond acceptors (Lipinski definition) is 3. The summed E-state index contributed by atoms with van der Waals surface area (Å²) < 4.78 is 0. The van der Waals surface area contributed by atoms with Crippen molar-refractivity contribution in [3.05, 3.63) is 58.3 Å². The maximum atomic E-state index is 12.3. The molecule has 1 aromatic carbocycles. The average molecular weight is 336 g/mol. The second kappa shape index (κ2) is 6.55. The molecule has 1 aliphatic heterocycles. The molecular weight excluding hydrogens is 321 g/mol. The number of pyridine rings is 1. The Hall–Kier alpha value is -1.78. The summed E-state index contributed by atoms with van der Waals surface area (Å²) in [6.07, 6.45) is 3.93. The third kappa shape index (κ3) is 3.34. The highest BCUT2D eigenvalue weighted by molar-refractivity contribution is 6.33. The van der Waals surface area contributed by atoms with Gasteiger partial charge >= 0.3 is 0 Å². The molecule has 0 saturated carbocycles. The van der Waals surface area contributed by atoms with Gasteiger partial charge in [0.15, 0.2) is 0 Å². The first-order chi connectivity index (χ1) is 10.6. The number of carbonyl (C=O) groups excluding carboxylic acids is 1. The van der Waals surface area contributed by atoms with Crippen LogP contribution in [0, 0.1) is 0 Å². The van der Waals surface area contributed by atoms with Crippen LogP contribution in [0.1, 0.15) is 16.8 Å². The molecule has 0 aliphatic carbocycles. The van der Waals surface area contributed by atoms with E-state index in [0.29, 0.717) is 15.6 Å². The van der Waals surface area contributed by atoms with Crippen LogP contribution < -0.4 is 10.2 Å². The Labute approximate surface area is 139 Å². The van der Waals surface area contributed by atoms with E-state index >= 15 is 0 Å². The minimum atomic E-state index is -0.162. The normalized spacial score (nSPS) is 17.5. The second-order valence-corrected chi connectivity index (χ2v) is 6.08. The van der Waals surface area contributed by atoms with Crippen LogP contribution in [0.3, 0.4) is 0 Å². The van der Waals surface area contributed by atoms with Gasteiger partial charge in [-0.3, -0.25) is 9.78 Å². The van der Waals surface area contributed by atoms with Crippen molar-refractivity contribution in [2.24, 2.45) is 0 Å². The lowest BCUT2D eigenvalue weighted by atomic mass is 10.2. The van der Waals surface area contributed by atoms with E-state index in [1.807, 2.05) is 24.3 Å². The fraction of sp³-hybridized carbons (Fsp3) is 0.250. The van der Waals surface area contributed by atoms with E-state index in [1.54, 1.807) is 12.3 Å². The first-order valence-corrected chi connectivity index (χ1v) is 7.80. The Bertz CT molecular complexity index is 693. The van der Waals surface area contributed by atoms with Crippen LogP contribution in [0.2, 0.25) is 10.0 Å². The predicted molar refractivity (Wildman–Crippen MR) is 88.8 cm³/mol. The Morgan fingerprint density at radius 1 is 1.32 bits per heavy atom. The number of nitrogens with one attached hydrogen (secondary N) is 1. The molecule has 2 heterocycles. The number of carbonyl (C=O) groups is 1. The van der Waals surface area contributed by atoms with Gasteiger partial charge in [-0.2, -0.15) is 0 Å². The Balaban J connectivity index is 1.64. The van der Waals surface area contributed by atoms with Crippen molar-refractivity contribution in [2.75, 3.05) is 18.0 Å². The quantitative estimate of drug-likeness (QED) is 0.934.